The predicted octanol–water partition coefficient (Wildman–Crippen LogP) is 3.43. The van der Waals surface area contributed by atoms with Crippen LogP contribution in [0.3, 0.4) is 0 Å². The van der Waals surface area contributed by atoms with Crippen molar-refractivity contribution in [3.8, 4) is 0 Å². The summed E-state index contributed by atoms with van der Waals surface area (Å²) >= 11 is 7.64. The van der Waals surface area contributed by atoms with E-state index in [1.165, 1.54) is 0 Å². The maximum atomic E-state index is 12.5. The number of nitrogens with zero attached hydrogens (tertiary/aromatic N) is 2. The second-order valence-corrected chi connectivity index (χ2v) is 8.60. The number of piperidine rings is 1. The molecule has 0 N–H and O–H groups in total. The minimum absolute atomic E-state index is 0.0554. The van der Waals surface area contributed by atoms with E-state index in [0.29, 0.717) is 24.4 Å². The predicted molar refractivity (Wildman–Crippen MR) is 103 cm³/mol. The van der Waals surface area contributed by atoms with E-state index < -0.39 is 0 Å². The molecule has 0 unspecified atom stereocenters. The molecule has 0 radical (unpaired) electrons. The standard InChI is InChI=1S/C19H25ClN2O2S/c1-25-11-6-17(23)21-9-7-19(8-10-21)12-18(24)22(14-19)13-15-2-4-16(20)5-3-15/h2-5H,6-14H2,1H3. The van der Waals surface area contributed by atoms with Crippen LogP contribution in [0.2, 0.25) is 5.02 Å². The molecule has 0 saturated carbocycles. The smallest absolute Gasteiger partial charge is 0.223 e. The molecule has 1 aromatic rings. The normalized spacial score (nSPS) is 19.7. The van der Waals surface area contributed by atoms with E-state index in [2.05, 4.69) is 0 Å². The first-order chi connectivity index (χ1) is 12.0. The van der Waals surface area contributed by atoms with Crippen LogP contribution in [0.1, 0.15) is 31.2 Å². The lowest BCUT2D eigenvalue weighted by molar-refractivity contribution is -0.132. The van der Waals surface area contributed by atoms with Crippen LogP contribution in [0.25, 0.3) is 0 Å². The number of thioether (sulfide) groups is 1. The number of halogens is 1. The topological polar surface area (TPSA) is 40.6 Å². The molecule has 2 amide bonds. The fourth-order valence-corrected chi connectivity index (χ4v) is 4.35. The van der Waals surface area contributed by atoms with Gasteiger partial charge in [-0.2, -0.15) is 11.8 Å². The zero-order chi connectivity index (χ0) is 17.9. The average molecular weight is 381 g/mol. The molecule has 0 atom stereocenters. The highest BCUT2D eigenvalue weighted by molar-refractivity contribution is 7.98. The minimum Gasteiger partial charge on any atom is -0.343 e. The summed E-state index contributed by atoms with van der Waals surface area (Å²) in [6.45, 7) is 3.03. The van der Waals surface area contributed by atoms with Crippen LogP contribution in [0, 0.1) is 5.41 Å². The zero-order valence-electron chi connectivity index (χ0n) is 14.7. The highest BCUT2D eigenvalue weighted by Gasteiger charge is 2.45. The van der Waals surface area contributed by atoms with E-state index in [9.17, 15) is 9.59 Å². The van der Waals surface area contributed by atoms with Crippen LogP contribution in [0.4, 0.5) is 0 Å². The molecule has 2 fully saturated rings. The summed E-state index contributed by atoms with van der Waals surface area (Å²) in [5, 5.41) is 0.714. The largest absolute Gasteiger partial charge is 0.343 e. The number of carbonyl (C=O) groups is 2. The number of hydrogen-bond acceptors (Lipinski definition) is 3. The molecule has 2 aliphatic heterocycles. The van der Waals surface area contributed by atoms with E-state index >= 15 is 0 Å². The van der Waals surface area contributed by atoms with Crippen LogP contribution in [0.15, 0.2) is 24.3 Å². The second-order valence-electron chi connectivity index (χ2n) is 7.18. The SMILES string of the molecule is CSCCC(=O)N1CCC2(CC1)CC(=O)N(Cc1ccc(Cl)cc1)C2. The van der Waals surface area contributed by atoms with Crippen molar-refractivity contribution in [3.63, 3.8) is 0 Å². The molecule has 3 rings (SSSR count). The molecule has 0 aliphatic carbocycles. The number of amides is 2. The molecular weight excluding hydrogens is 356 g/mol. The monoisotopic (exact) mass is 380 g/mol. The van der Waals surface area contributed by atoms with Crippen LogP contribution >= 0.6 is 23.4 Å². The first-order valence-electron chi connectivity index (χ1n) is 8.80. The Morgan fingerprint density at radius 1 is 1.24 bits per heavy atom. The number of hydrogen-bond donors (Lipinski definition) is 0. The Hall–Kier alpha value is -1.20. The Balaban J connectivity index is 1.55. The molecule has 2 heterocycles. The van der Waals surface area contributed by atoms with E-state index in [1.54, 1.807) is 11.8 Å². The van der Waals surface area contributed by atoms with Gasteiger partial charge in [-0.15, -0.1) is 0 Å². The van der Waals surface area contributed by atoms with Gasteiger partial charge in [-0.3, -0.25) is 9.59 Å². The Bertz CT molecular complexity index is 627. The first-order valence-corrected chi connectivity index (χ1v) is 10.6. The van der Waals surface area contributed by atoms with Gasteiger partial charge in [0.05, 0.1) is 0 Å². The number of benzene rings is 1. The van der Waals surface area contributed by atoms with Crippen molar-refractivity contribution in [1.29, 1.82) is 0 Å². The van der Waals surface area contributed by atoms with Gasteiger partial charge in [-0.25, -0.2) is 0 Å². The molecule has 1 spiro atoms. The van der Waals surface area contributed by atoms with Crippen molar-refractivity contribution in [1.82, 2.24) is 9.80 Å². The fourth-order valence-electron chi connectivity index (χ4n) is 3.85. The average Bonchev–Trinajstić information content (AvgIpc) is 2.90. The summed E-state index contributed by atoms with van der Waals surface area (Å²) in [6, 6.07) is 7.69. The summed E-state index contributed by atoms with van der Waals surface area (Å²) in [5.74, 6) is 1.37. The van der Waals surface area contributed by atoms with Crippen molar-refractivity contribution in [2.45, 2.75) is 32.2 Å². The molecule has 136 valence electrons. The van der Waals surface area contributed by atoms with Crippen LogP contribution in [0.5, 0.6) is 0 Å². The lowest BCUT2D eigenvalue weighted by atomic mass is 9.77. The number of likely N-dealkylation sites (tertiary alicyclic amines) is 2. The van der Waals surface area contributed by atoms with Crippen molar-refractivity contribution in [2.24, 2.45) is 5.41 Å². The molecule has 0 bridgehead atoms. The maximum absolute atomic E-state index is 12.5. The Labute approximate surface area is 158 Å². The third-order valence-corrected chi connectivity index (χ3v) is 6.25. The lowest BCUT2D eigenvalue weighted by Crippen LogP contribution is -2.44. The minimum atomic E-state index is 0.0554. The molecule has 4 nitrogen and oxygen atoms in total. The molecule has 0 aromatic heterocycles. The maximum Gasteiger partial charge on any atom is 0.223 e. The van der Waals surface area contributed by atoms with E-state index in [4.69, 9.17) is 11.6 Å². The van der Waals surface area contributed by atoms with Gasteiger partial charge >= 0.3 is 0 Å². The lowest BCUT2D eigenvalue weighted by Gasteiger charge is -2.39. The van der Waals surface area contributed by atoms with Crippen molar-refractivity contribution < 1.29 is 9.59 Å². The van der Waals surface area contributed by atoms with Crippen molar-refractivity contribution >= 4 is 35.2 Å². The molecule has 2 saturated heterocycles. The summed E-state index contributed by atoms with van der Waals surface area (Å²) in [5.41, 5.74) is 1.17. The Kier molecular flexibility index (Phi) is 5.95. The van der Waals surface area contributed by atoms with Gasteiger partial charge in [0.25, 0.3) is 0 Å². The fraction of sp³-hybridized carbons (Fsp3) is 0.579. The van der Waals surface area contributed by atoms with Crippen LogP contribution < -0.4 is 0 Å². The summed E-state index contributed by atoms with van der Waals surface area (Å²) in [4.78, 5) is 28.6. The Morgan fingerprint density at radius 2 is 1.92 bits per heavy atom. The summed E-state index contributed by atoms with van der Waals surface area (Å²) in [7, 11) is 0. The Morgan fingerprint density at radius 3 is 2.56 bits per heavy atom. The van der Waals surface area contributed by atoms with Crippen LogP contribution in [-0.4, -0.2) is 53.3 Å². The van der Waals surface area contributed by atoms with Gasteiger partial charge in [0.1, 0.15) is 0 Å². The highest BCUT2D eigenvalue weighted by Crippen LogP contribution is 2.41. The summed E-state index contributed by atoms with van der Waals surface area (Å²) < 4.78 is 0. The zero-order valence-corrected chi connectivity index (χ0v) is 16.2. The first kappa shape index (κ1) is 18.6. The third-order valence-electron chi connectivity index (χ3n) is 5.39. The van der Waals surface area contributed by atoms with E-state index in [1.807, 2.05) is 40.3 Å². The highest BCUT2D eigenvalue weighted by atomic mass is 35.5. The quantitative estimate of drug-likeness (QED) is 0.785. The molecule has 25 heavy (non-hydrogen) atoms. The van der Waals surface area contributed by atoms with Gasteiger partial charge in [-0.05, 0) is 36.8 Å². The molecular formula is C19H25ClN2O2S. The van der Waals surface area contributed by atoms with Gasteiger partial charge in [0, 0.05) is 55.2 Å². The third kappa shape index (κ3) is 4.50. The number of rotatable bonds is 5. The van der Waals surface area contributed by atoms with E-state index in [0.717, 1.165) is 43.8 Å². The van der Waals surface area contributed by atoms with Gasteiger partial charge in [0.2, 0.25) is 11.8 Å². The molecule has 1 aromatic carbocycles. The van der Waals surface area contributed by atoms with Gasteiger partial charge in [0.15, 0.2) is 0 Å². The molecule has 2 aliphatic rings. The van der Waals surface area contributed by atoms with Crippen molar-refractivity contribution in [3.05, 3.63) is 34.9 Å². The summed E-state index contributed by atoms with van der Waals surface area (Å²) in [6.07, 6.45) is 5.13. The second kappa shape index (κ2) is 8.00. The van der Waals surface area contributed by atoms with Gasteiger partial charge in [-0.1, -0.05) is 23.7 Å². The number of carbonyl (C=O) groups excluding carboxylic acids is 2. The van der Waals surface area contributed by atoms with Crippen LogP contribution in [-0.2, 0) is 16.1 Å². The van der Waals surface area contributed by atoms with E-state index in [-0.39, 0.29) is 17.2 Å². The van der Waals surface area contributed by atoms with Gasteiger partial charge < -0.3 is 9.80 Å². The van der Waals surface area contributed by atoms with Crippen molar-refractivity contribution in [2.75, 3.05) is 31.6 Å². The molecule has 6 heteroatoms.